The van der Waals surface area contributed by atoms with Crippen LogP contribution in [0.4, 0.5) is 0 Å². The molecule has 7 nitrogen and oxygen atoms in total. The van der Waals surface area contributed by atoms with Crippen LogP contribution in [-0.4, -0.2) is 42.6 Å². The molecule has 0 saturated heterocycles. The first-order valence-electron chi connectivity index (χ1n) is 5.92. The van der Waals surface area contributed by atoms with Gasteiger partial charge in [0, 0.05) is 0 Å². The molecule has 1 aromatic rings. The molecule has 1 rings (SSSR count). The second kappa shape index (κ2) is 7.78. The predicted molar refractivity (Wildman–Crippen MR) is 70.3 cm³/mol. The van der Waals surface area contributed by atoms with Crippen molar-refractivity contribution in [3.8, 4) is 5.75 Å². The van der Waals surface area contributed by atoms with E-state index in [0.29, 0.717) is 5.75 Å². The number of aryl methyl sites for hydroxylation is 1. The van der Waals surface area contributed by atoms with Gasteiger partial charge in [-0.15, -0.1) is 0 Å². The number of ether oxygens (including phenoxy) is 1. The van der Waals surface area contributed by atoms with Gasteiger partial charge in [-0.3, -0.25) is 14.4 Å². The van der Waals surface area contributed by atoms with Crippen LogP contribution in [0, 0.1) is 6.92 Å². The Morgan fingerprint density at radius 1 is 1.10 bits per heavy atom. The highest BCUT2D eigenvalue weighted by atomic mass is 16.5. The number of carboxylic acids is 1. The van der Waals surface area contributed by atoms with Crippen molar-refractivity contribution in [1.82, 2.24) is 10.6 Å². The lowest BCUT2D eigenvalue weighted by molar-refractivity contribution is -0.137. The molecule has 20 heavy (non-hydrogen) atoms. The summed E-state index contributed by atoms with van der Waals surface area (Å²) < 4.78 is 5.29. The van der Waals surface area contributed by atoms with E-state index in [1.54, 1.807) is 12.1 Å². The second-order valence-corrected chi connectivity index (χ2v) is 4.00. The summed E-state index contributed by atoms with van der Waals surface area (Å²) in [7, 11) is 0. The average Bonchev–Trinajstić information content (AvgIpc) is 2.42. The topological polar surface area (TPSA) is 105 Å². The van der Waals surface area contributed by atoms with E-state index in [-0.39, 0.29) is 13.2 Å². The molecule has 108 valence electrons. The lowest BCUT2D eigenvalue weighted by Gasteiger charge is -2.09. The number of hydrogen-bond acceptors (Lipinski definition) is 4. The molecule has 0 fully saturated rings. The number of rotatable bonds is 7. The van der Waals surface area contributed by atoms with Gasteiger partial charge in [-0.2, -0.15) is 0 Å². The first-order chi connectivity index (χ1) is 9.49. The van der Waals surface area contributed by atoms with Crippen molar-refractivity contribution in [2.75, 3.05) is 19.7 Å². The minimum absolute atomic E-state index is 0.211. The van der Waals surface area contributed by atoms with Crippen LogP contribution < -0.4 is 15.4 Å². The molecule has 1 aromatic carbocycles. The molecule has 0 atom stereocenters. The number of carbonyl (C=O) groups is 3. The van der Waals surface area contributed by atoms with Crippen molar-refractivity contribution in [3.63, 3.8) is 0 Å². The largest absolute Gasteiger partial charge is 0.484 e. The van der Waals surface area contributed by atoms with E-state index in [9.17, 15) is 14.4 Å². The quantitative estimate of drug-likeness (QED) is 0.635. The minimum atomic E-state index is -1.15. The molecule has 0 aliphatic rings. The SMILES string of the molecule is Cc1ccccc1OCC(=O)NCC(=O)NCC(=O)O. The lowest BCUT2D eigenvalue weighted by atomic mass is 10.2. The third-order valence-electron chi connectivity index (χ3n) is 2.34. The second-order valence-electron chi connectivity index (χ2n) is 4.00. The third kappa shape index (κ3) is 5.85. The highest BCUT2D eigenvalue weighted by Gasteiger charge is 2.08. The normalized spacial score (nSPS) is 9.65. The molecule has 0 saturated carbocycles. The van der Waals surface area contributed by atoms with Crippen LogP contribution in [0.5, 0.6) is 5.75 Å². The fourth-order valence-electron chi connectivity index (χ4n) is 1.33. The van der Waals surface area contributed by atoms with Crippen molar-refractivity contribution in [2.45, 2.75) is 6.92 Å². The van der Waals surface area contributed by atoms with E-state index in [0.717, 1.165) is 5.56 Å². The van der Waals surface area contributed by atoms with Crippen LogP contribution in [0.2, 0.25) is 0 Å². The summed E-state index contributed by atoms with van der Waals surface area (Å²) in [6.07, 6.45) is 0. The van der Waals surface area contributed by atoms with E-state index in [1.807, 2.05) is 19.1 Å². The Balaban J connectivity index is 2.25. The van der Waals surface area contributed by atoms with Crippen LogP contribution >= 0.6 is 0 Å². The molecule has 0 aliphatic carbocycles. The summed E-state index contributed by atoms with van der Waals surface area (Å²) in [6.45, 7) is 0.876. The number of benzene rings is 1. The fraction of sp³-hybridized carbons (Fsp3) is 0.308. The van der Waals surface area contributed by atoms with E-state index >= 15 is 0 Å². The summed E-state index contributed by atoms with van der Waals surface area (Å²) in [4.78, 5) is 32.8. The molecule has 3 N–H and O–H groups in total. The Labute approximate surface area is 115 Å². The number of aliphatic carboxylic acids is 1. The highest BCUT2D eigenvalue weighted by molar-refractivity contribution is 5.87. The summed E-state index contributed by atoms with van der Waals surface area (Å²) in [5.74, 6) is -1.58. The Hall–Kier alpha value is -2.57. The van der Waals surface area contributed by atoms with Crippen LogP contribution in [-0.2, 0) is 14.4 Å². The summed E-state index contributed by atoms with van der Waals surface area (Å²) in [5, 5.41) is 12.8. The monoisotopic (exact) mass is 280 g/mol. The molecule has 0 aliphatic heterocycles. The van der Waals surface area contributed by atoms with Crippen LogP contribution in [0.15, 0.2) is 24.3 Å². The molecule has 0 spiro atoms. The molecule has 7 heteroatoms. The fourth-order valence-corrected chi connectivity index (χ4v) is 1.33. The number of amides is 2. The molecule has 0 unspecified atom stereocenters. The van der Waals surface area contributed by atoms with Gasteiger partial charge in [-0.05, 0) is 18.6 Å². The van der Waals surface area contributed by atoms with Crippen molar-refractivity contribution in [2.24, 2.45) is 0 Å². The van der Waals surface area contributed by atoms with E-state index in [1.165, 1.54) is 0 Å². The number of carboxylic acid groups (broad SMARTS) is 1. The molecule has 0 heterocycles. The van der Waals surface area contributed by atoms with Crippen LogP contribution in [0.1, 0.15) is 5.56 Å². The number of nitrogens with one attached hydrogen (secondary N) is 2. The van der Waals surface area contributed by atoms with Gasteiger partial charge < -0.3 is 20.5 Å². The molecular weight excluding hydrogens is 264 g/mol. The standard InChI is InChI=1S/C13H16N2O5/c1-9-4-2-3-5-10(9)20-8-12(17)14-6-11(16)15-7-13(18)19/h2-5H,6-8H2,1H3,(H,14,17)(H,15,16)(H,18,19). The van der Waals surface area contributed by atoms with Crippen LogP contribution in [0.3, 0.4) is 0 Å². The molecular formula is C13H16N2O5. The minimum Gasteiger partial charge on any atom is -0.484 e. The molecule has 0 radical (unpaired) electrons. The van der Waals surface area contributed by atoms with E-state index < -0.39 is 24.3 Å². The predicted octanol–water partition coefficient (Wildman–Crippen LogP) is -0.309. The zero-order valence-corrected chi connectivity index (χ0v) is 11.0. The summed E-state index contributed by atoms with van der Waals surface area (Å²) >= 11 is 0. The van der Waals surface area contributed by atoms with Gasteiger partial charge in [-0.1, -0.05) is 18.2 Å². The average molecular weight is 280 g/mol. The van der Waals surface area contributed by atoms with Gasteiger partial charge in [0.25, 0.3) is 5.91 Å². The Bertz CT molecular complexity index is 501. The first kappa shape index (κ1) is 15.5. The van der Waals surface area contributed by atoms with Gasteiger partial charge >= 0.3 is 5.97 Å². The lowest BCUT2D eigenvalue weighted by Crippen LogP contribution is -2.40. The Morgan fingerprint density at radius 3 is 2.40 bits per heavy atom. The summed E-state index contributed by atoms with van der Waals surface area (Å²) in [5.41, 5.74) is 0.902. The van der Waals surface area contributed by atoms with Gasteiger partial charge in [0.15, 0.2) is 6.61 Å². The molecule has 0 bridgehead atoms. The first-order valence-corrected chi connectivity index (χ1v) is 5.92. The molecule has 2 amide bonds. The van der Waals surface area contributed by atoms with Crippen molar-refractivity contribution in [3.05, 3.63) is 29.8 Å². The number of hydrogen-bond donors (Lipinski definition) is 3. The number of para-hydroxylation sites is 1. The Morgan fingerprint density at radius 2 is 1.75 bits per heavy atom. The van der Waals surface area contributed by atoms with Gasteiger partial charge in [0.1, 0.15) is 12.3 Å². The highest BCUT2D eigenvalue weighted by Crippen LogP contribution is 2.15. The Kier molecular flexibility index (Phi) is 6.02. The zero-order valence-electron chi connectivity index (χ0n) is 11.0. The van der Waals surface area contributed by atoms with Crippen LogP contribution in [0.25, 0.3) is 0 Å². The maximum Gasteiger partial charge on any atom is 0.322 e. The third-order valence-corrected chi connectivity index (χ3v) is 2.34. The number of carbonyl (C=O) groups excluding carboxylic acids is 2. The van der Waals surface area contributed by atoms with Gasteiger partial charge in [0.05, 0.1) is 6.54 Å². The van der Waals surface area contributed by atoms with E-state index in [4.69, 9.17) is 9.84 Å². The smallest absolute Gasteiger partial charge is 0.322 e. The molecule has 0 aromatic heterocycles. The zero-order chi connectivity index (χ0) is 15.0. The maximum atomic E-state index is 11.4. The van der Waals surface area contributed by atoms with Crippen molar-refractivity contribution < 1.29 is 24.2 Å². The van der Waals surface area contributed by atoms with Crippen molar-refractivity contribution >= 4 is 17.8 Å². The van der Waals surface area contributed by atoms with E-state index in [2.05, 4.69) is 10.6 Å². The van der Waals surface area contributed by atoms with Gasteiger partial charge in [0.2, 0.25) is 5.91 Å². The van der Waals surface area contributed by atoms with Crippen molar-refractivity contribution in [1.29, 1.82) is 0 Å². The summed E-state index contributed by atoms with van der Waals surface area (Å²) in [6, 6.07) is 7.24. The maximum absolute atomic E-state index is 11.4. The van der Waals surface area contributed by atoms with Gasteiger partial charge in [-0.25, -0.2) is 0 Å².